The molecule has 0 aromatic heterocycles. The Kier molecular flexibility index (Phi) is 3.83. The molecular weight excluding hydrogens is 188 g/mol. The lowest BCUT2D eigenvalue weighted by Crippen LogP contribution is -2.08. The fourth-order valence-corrected chi connectivity index (χ4v) is 1.08. The highest BCUT2D eigenvalue weighted by molar-refractivity contribution is 5.36. The highest BCUT2D eigenvalue weighted by atomic mass is 19.3. The monoisotopic (exact) mass is 201 g/mol. The zero-order valence-electron chi connectivity index (χ0n) is 7.97. The third-order valence-corrected chi connectivity index (χ3v) is 1.85. The second-order valence-electron chi connectivity index (χ2n) is 3.01. The van der Waals surface area contributed by atoms with Crippen molar-refractivity contribution in [3.63, 3.8) is 0 Å². The van der Waals surface area contributed by atoms with Crippen molar-refractivity contribution in [1.82, 2.24) is 0 Å². The molecule has 1 aromatic carbocycles. The standard InChI is InChI=1S/C10H13F2NO/c1-7-2-3-8(5-13)4-9(7)14-6-10(11)12/h2-4,10H,5-6,13H2,1H3. The number of benzene rings is 1. The summed E-state index contributed by atoms with van der Waals surface area (Å²) in [6, 6.07) is 5.35. The summed E-state index contributed by atoms with van der Waals surface area (Å²) in [7, 11) is 0. The molecule has 0 atom stereocenters. The lowest BCUT2D eigenvalue weighted by atomic mass is 10.1. The summed E-state index contributed by atoms with van der Waals surface area (Å²) in [5, 5.41) is 0. The molecule has 1 aromatic rings. The molecule has 78 valence electrons. The van der Waals surface area contributed by atoms with E-state index in [-0.39, 0.29) is 0 Å². The average Bonchev–Trinajstić information content (AvgIpc) is 2.16. The van der Waals surface area contributed by atoms with Crippen molar-refractivity contribution in [2.24, 2.45) is 5.73 Å². The van der Waals surface area contributed by atoms with Gasteiger partial charge in [-0.2, -0.15) is 0 Å². The van der Waals surface area contributed by atoms with Crippen molar-refractivity contribution in [3.05, 3.63) is 29.3 Å². The van der Waals surface area contributed by atoms with Crippen LogP contribution in [-0.2, 0) is 6.54 Å². The molecule has 0 bridgehead atoms. The summed E-state index contributed by atoms with van der Waals surface area (Å²) in [4.78, 5) is 0. The number of rotatable bonds is 4. The van der Waals surface area contributed by atoms with E-state index in [1.54, 1.807) is 13.0 Å². The second kappa shape index (κ2) is 4.91. The van der Waals surface area contributed by atoms with E-state index >= 15 is 0 Å². The maximum atomic E-state index is 11.9. The van der Waals surface area contributed by atoms with Crippen LogP contribution in [0.1, 0.15) is 11.1 Å². The second-order valence-corrected chi connectivity index (χ2v) is 3.01. The van der Waals surface area contributed by atoms with E-state index < -0.39 is 13.0 Å². The van der Waals surface area contributed by atoms with Crippen LogP contribution in [0.4, 0.5) is 8.78 Å². The number of aryl methyl sites for hydroxylation is 1. The van der Waals surface area contributed by atoms with E-state index in [1.165, 1.54) is 0 Å². The molecule has 0 saturated carbocycles. The smallest absolute Gasteiger partial charge is 0.272 e. The summed E-state index contributed by atoms with van der Waals surface area (Å²) in [5.41, 5.74) is 7.13. The highest BCUT2D eigenvalue weighted by Gasteiger charge is 2.06. The topological polar surface area (TPSA) is 35.2 Å². The van der Waals surface area contributed by atoms with Crippen LogP contribution in [0.2, 0.25) is 0 Å². The number of hydrogen-bond acceptors (Lipinski definition) is 2. The van der Waals surface area contributed by atoms with Gasteiger partial charge in [0.25, 0.3) is 6.43 Å². The first kappa shape index (κ1) is 10.9. The molecule has 0 amide bonds. The van der Waals surface area contributed by atoms with E-state index in [2.05, 4.69) is 0 Å². The van der Waals surface area contributed by atoms with Crippen LogP contribution in [0.25, 0.3) is 0 Å². The van der Waals surface area contributed by atoms with Crippen molar-refractivity contribution in [2.75, 3.05) is 6.61 Å². The zero-order valence-corrected chi connectivity index (χ0v) is 7.97. The van der Waals surface area contributed by atoms with E-state index in [0.717, 1.165) is 11.1 Å². The Hall–Kier alpha value is -1.16. The van der Waals surface area contributed by atoms with Crippen molar-refractivity contribution in [3.8, 4) is 5.75 Å². The molecule has 14 heavy (non-hydrogen) atoms. The molecule has 1 rings (SSSR count). The lowest BCUT2D eigenvalue weighted by molar-refractivity contribution is 0.0815. The normalized spacial score (nSPS) is 10.6. The van der Waals surface area contributed by atoms with E-state index in [9.17, 15) is 8.78 Å². The number of alkyl halides is 2. The first-order chi connectivity index (χ1) is 6.63. The molecular formula is C10H13F2NO. The number of halogens is 2. The Balaban J connectivity index is 2.73. The Morgan fingerprint density at radius 2 is 2.14 bits per heavy atom. The van der Waals surface area contributed by atoms with Crippen molar-refractivity contribution in [2.45, 2.75) is 19.9 Å². The Morgan fingerprint density at radius 1 is 1.43 bits per heavy atom. The van der Waals surface area contributed by atoms with Gasteiger partial charge in [-0.05, 0) is 24.1 Å². The fourth-order valence-electron chi connectivity index (χ4n) is 1.08. The van der Waals surface area contributed by atoms with Crippen LogP contribution in [-0.4, -0.2) is 13.0 Å². The quantitative estimate of drug-likeness (QED) is 0.809. The van der Waals surface area contributed by atoms with Gasteiger partial charge in [-0.15, -0.1) is 0 Å². The van der Waals surface area contributed by atoms with Gasteiger partial charge in [0.1, 0.15) is 12.4 Å². The minimum absolute atomic E-state index is 0.380. The van der Waals surface area contributed by atoms with Gasteiger partial charge >= 0.3 is 0 Å². The maximum Gasteiger partial charge on any atom is 0.272 e. The lowest BCUT2D eigenvalue weighted by Gasteiger charge is -2.09. The van der Waals surface area contributed by atoms with Gasteiger partial charge in [-0.3, -0.25) is 0 Å². The van der Waals surface area contributed by atoms with Crippen molar-refractivity contribution in [1.29, 1.82) is 0 Å². The van der Waals surface area contributed by atoms with Crippen molar-refractivity contribution >= 4 is 0 Å². The first-order valence-corrected chi connectivity index (χ1v) is 4.34. The molecule has 0 aliphatic rings. The van der Waals surface area contributed by atoms with Gasteiger partial charge in [0, 0.05) is 6.54 Å². The summed E-state index contributed by atoms with van der Waals surface area (Å²) < 4.78 is 28.7. The highest BCUT2D eigenvalue weighted by Crippen LogP contribution is 2.19. The summed E-state index contributed by atoms with van der Waals surface area (Å²) in [5.74, 6) is 0.480. The number of ether oxygens (including phenoxy) is 1. The fraction of sp³-hybridized carbons (Fsp3) is 0.400. The van der Waals surface area contributed by atoms with Crippen LogP contribution in [0.3, 0.4) is 0 Å². The van der Waals surface area contributed by atoms with Gasteiger partial charge < -0.3 is 10.5 Å². The first-order valence-electron chi connectivity index (χ1n) is 4.34. The largest absolute Gasteiger partial charge is 0.487 e. The van der Waals surface area contributed by atoms with Gasteiger partial charge in [-0.1, -0.05) is 12.1 Å². The molecule has 0 aliphatic carbocycles. The predicted molar refractivity (Wildman–Crippen MR) is 50.6 cm³/mol. The minimum atomic E-state index is -2.45. The molecule has 0 spiro atoms. The number of nitrogens with two attached hydrogens (primary N) is 1. The summed E-state index contributed by atoms with van der Waals surface area (Å²) >= 11 is 0. The van der Waals surface area contributed by atoms with Crippen molar-refractivity contribution < 1.29 is 13.5 Å². The van der Waals surface area contributed by atoms with Gasteiger partial charge in [0.05, 0.1) is 0 Å². The molecule has 0 fully saturated rings. The number of hydrogen-bond donors (Lipinski definition) is 1. The van der Waals surface area contributed by atoms with Crippen LogP contribution in [0.15, 0.2) is 18.2 Å². The molecule has 0 saturated heterocycles. The van der Waals surface area contributed by atoms with Gasteiger partial charge in [-0.25, -0.2) is 8.78 Å². The molecule has 0 heterocycles. The van der Waals surface area contributed by atoms with E-state index in [4.69, 9.17) is 10.5 Å². The predicted octanol–water partition coefficient (Wildman–Crippen LogP) is 2.10. The SMILES string of the molecule is Cc1ccc(CN)cc1OCC(F)F. The van der Waals surface area contributed by atoms with Gasteiger partial charge in [0.15, 0.2) is 0 Å². The van der Waals surface area contributed by atoms with Crippen LogP contribution < -0.4 is 10.5 Å². The van der Waals surface area contributed by atoms with Crippen LogP contribution >= 0.6 is 0 Å². The average molecular weight is 201 g/mol. The molecule has 0 aliphatic heterocycles. The molecule has 2 N–H and O–H groups in total. The molecule has 0 unspecified atom stereocenters. The molecule has 0 radical (unpaired) electrons. The third-order valence-electron chi connectivity index (χ3n) is 1.85. The van der Waals surface area contributed by atoms with E-state index in [1.807, 2.05) is 12.1 Å². The van der Waals surface area contributed by atoms with E-state index in [0.29, 0.717) is 12.3 Å². The van der Waals surface area contributed by atoms with Crippen LogP contribution in [0, 0.1) is 6.92 Å². The maximum absolute atomic E-state index is 11.9. The summed E-state index contributed by atoms with van der Waals surface area (Å²) in [6.07, 6.45) is -2.45. The minimum Gasteiger partial charge on any atom is -0.487 e. The molecule has 2 nitrogen and oxygen atoms in total. The Morgan fingerprint density at radius 3 is 2.71 bits per heavy atom. The zero-order chi connectivity index (χ0) is 10.6. The Bertz CT molecular complexity index is 302. The molecule has 4 heteroatoms. The van der Waals surface area contributed by atoms with Gasteiger partial charge in [0.2, 0.25) is 0 Å². The Labute approximate surface area is 81.7 Å². The summed E-state index contributed by atoms with van der Waals surface area (Å²) in [6.45, 7) is 1.61. The van der Waals surface area contributed by atoms with Crippen LogP contribution in [0.5, 0.6) is 5.75 Å². The third kappa shape index (κ3) is 2.96.